The summed E-state index contributed by atoms with van der Waals surface area (Å²) < 4.78 is 3.27. The molecule has 0 aliphatic carbocycles. The van der Waals surface area contributed by atoms with Crippen molar-refractivity contribution < 1.29 is 9.59 Å². The maximum atomic E-state index is 12.8. The number of rotatable bonds is 5. The van der Waals surface area contributed by atoms with Gasteiger partial charge in [0, 0.05) is 11.4 Å². The van der Waals surface area contributed by atoms with Gasteiger partial charge in [0.25, 0.3) is 11.6 Å². The summed E-state index contributed by atoms with van der Waals surface area (Å²) in [6.07, 6.45) is 0. The fourth-order valence-corrected chi connectivity index (χ4v) is 3.29. The Labute approximate surface area is 173 Å². The number of hydrogen-bond donors (Lipinski definition) is 0. The molecule has 4 heterocycles. The Kier molecular flexibility index (Phi) is 4.83. The largest absolute Gasteiger partial charge is 0.283 e. The Morgan fingerprint density at radius 2 is 1.07 bits per heavy atom. The zero-order chi connectivity index (χ0) is 21.4. The van der Waals surface area contributed by atoms with Gasteiger partial charge in [0.1, 0.15) is 11.4 Å². The van der Waals surface area contributed by atoms with E-state index < -0.39 is 11.6 Å². The smallest absolute Gasteiger partial charge is 0.253 e. The highest BCUT2D eigenvalue weighted by molar-refractivity contribution is 6.48. The van der Waals surface area contributed by atoms with Gasteiger partial charge in [0.2, 0.25) is 0 Å². The molecule has 0 bridgehead atoms. The molecular weight excluding hydrogens is 380 g/mol. The molecule has 4 aromatic rings. The van der Waals surface area contributed by atoms with Gasteiger partial charge in [-0.25, -0.2) is 19.3 Å². The number of aryl methyl sites for hydroxylation is 4. The Hall–Kier alpha value is -3.94. The number of hydrogen-bond acceptors (Lipinski definition) is 6. The number of aromatic nitrogens is 6. The highest BCUT2D eigenvalue weighted by Crippen LogP contribution is 2.14. The minimum Gasteiger partial charge on any atom is -0.283 e. The zero-order valence-corrected chi connectivity index (χ0v) is 17.1. The van der Waals surface area contributed by atoms with Crippen LogP contribution in [-0.2, 0) is 0 Å². The van der Waals surface area contributed by atoms with E-state index in [2.05, 4.69) is 20.2 Å². The summed E-state index contributed by atoms with van der Waals surface area (Å²) in [5.74, 6) is -0.500. The van der Waals surface area contributed by atoms with E-state index in [1.165, 1.54) is 12.1 Å². The molecule has 0 atom stereocenters. The minimum atomic E-state index is -0.726. The fourth-order valence-electron chi connectivity index (χ4n) is 3.29. The van der Waals surface area contributed by atoms with Gasteiger partial charge < -0.3 is 0 Å². The summed E-state index contributed by atoms with van der Waals surface area (Å²) in [5, 5.41) is 8.75. The number of carbonyl (C=O) groups is 2. The van der Waals surface area contributed by atoms with Gasteiger partial charge in [-0.3, -0.25) is 9.59 Å². The molecule has 0 saturated heterocycles. The molecule has 8 nitrogen and oxygen atoms in total. The molecule has 0 N–H and O–H groups in total. The highest BCUT2D eigenvalue weighted by atomic mass is 16.2. The molecule has 0 aliphatic heterocycles. The first-order valence-corrected chi connectivity index (χ1v) is 9.44. The van der Waals surface area contributed by atoms with Crippen LogP contribution < -0.4 is 0 Å². The third-order valence-electron chi connectivity index (χ3n) is 4.59. The lowest BCUT2D eigenvalue weighted by atomic mass is 10.1. The SMILES string of the molecule is Cc1cc(C)n(-c2cccc(C(=O)C(=O)c3cccc(-n4nc(C)cc4C)n3)n2)n1. The van der Waals surface area contributed by atoms with Gasteiger partial charge in [0.05, 0.1) is 11.4 Å². The van der Waals surface area contributed by atoms with Crippen molar-refractivity contribution in [2.45, 2.75) is 27.7 Å². The van der Waals surface area contributed by atoms with E-state index in [1.54, 1.807) is 33.6 Å². The van der Waals surface area contributed by atoms with Crippen LogP contribution in [0.4, 0.5) is 0 Å². The summed E-state index contributed by atoms with van der Waals surface area (Å²) in [6.45, 7) is 7.55. The molecule has 0 radical (unpaired) electrons. The first kappa shape index (κ1) is 19.4. The second-order valence-corrected chi connectivity index (χ2v) is 7.10. The maximum absolute atomic E-state index is 12.8. The second kappa shape index (κ2) is 7.47. The van der Waals surface area contributed by atoms with E-state index in [4.69, 9.17) is 0 Å². The molecule has 0 spiro atoms. The van der Waals surface area contributed by atoms with Crippen LogP contribution >= 0.6 is 0 Å². The van der Waals surface area contributed by atoms with E-state index >= 15 is 0 Å². The van der Waals surface area contributed by atoms with Crippen molar-refractivity contribution in [1.82, 2.24) is 29.5 Å². The molecule has 0 aromatic carbocycles. The molecule has 8 heteroatoms. The van der Waals surface area contributed by atoms with Gasteiger partial charge in [-0.2, -0.15) is 10.2 Å². The van der Waals surface area contributed by atoms with Gasteiger partial charge in [-0.15, -0.1) is 0 Å². The lowest BCUT2D eigenvalue weighted by Gasteiger charge is -2.07. The summed E-state index contributed by atoms with van der Waals surface area (Å²) in [6, 6.07) is 13.7. The molecular formula is C22H20N6O2. The van der Waals surface area contributed by atoms with Crippen molar-refractivity contribution in [1.29, 1.82) is 0 Å². The van der Waals surface area contributed by atoms with Crippen LogP contribution in [0, 0.1) is 27.7 Å². The average Bonchev–Trinajstić information content (AvgIpc) is 3.26. The number of carbonyl (C=O) groups excluding carboxylic acids is 2. The number of Topliss-reactive ketones (excluding diaryl/α,β-unsaturated/α-hetero) is 2. The van der Waals surface area contributed by atoms with E-state index in [9.17, 15) is 9.59 Å². The standard InChI is InChI=1S/C22H20N6O2/c1-13-11-15(3)27(25-13)19-9-5-7-17(23-19)21(29)22(30)18-8-6-10-20(24-18)28-16(4)12-14(2)26-28/h5-12H,1-4H3. The van der Waals surface area contributed by atoms with E-state index in [1.807, 2.05) is 39.8 Å². The molecule has 4 aromatic heterocycles. The first-order valence-electron chi connectivity index (χ1n) is 9.44. The summed E-state index contributed by atoms with van der Waals surface area (Å²) in [5.41, 5.74) is 3.54. The lowest BCUT2D eigenvalue weighted by Crippen LogP contribution is -2.19. The lowest BCUT2D eigenvalue weighted by molar-refractivity contribution is 0.0811. The van der Waals surface area contributed by atoms with Crippen molar-refractivity contribution in [2.75, 3.05) is 0 Å². The molecule has 150 valence electrons. The number of nitrogens with zero attached hydrogens (tertiary/aromatic N) is 6. The zero-order valence-electron chi connectivity index (χ0n) is 17.1. The Morgan fingerprint density at radius 3 is 1.40 bits per heavy atom. The normalized spacial score (nSPS) is 10.9. The van der Waals surface area contributed by atoms with Crippen molar-refractivity contribution in [3.8, 4) is 11.6 Å². The maximum Gasteiger partial charge on any atom is 0.253 e. The first-order chi connectivity index (χ1) is 14.3. The quantitative estimate of drug-likeness (QED) is 0.377. The number of ketones is 2. The molecule has 0 saturated carbocycles. The summed E-state index contributed by atoms with van der Waals surface area (Å²) in [4.78, 5) is 34.4. The topological polar surface area (TPSA) is 95.6 Å². The van der Waals surface area contributed by atoms with Gasteiger partial charge >= 0.3 is 0 Å². The summed E-state index contributed by atoms with van der Waals surface area (Å²) >= 11 is 0. The van der Waals surface area contributed by atoms with Crippen LogP contribution in [0.5, 0.6) is 0 Å². The number of pyridine rings is 2. The van der Waals surface area contributed by atoms with Crippen molar-refractivity contribution >= 4 is 11.6 Å². The predicted octanol–water partition coefficient (Wildman–Crippen LogP) is 3.15. The Bertz CT molecular complexity index is 1180. The second-order valence-electron chi connectivity index (χ2n) is 7.10. The van der Waals surface area contributed by atoms with Gasteiger partial charge in [0.15, 0.2) is 11.6 Å². The van der Waals surface area contributed by atoms with Gasteiger partial charge in [-0.05, 0) is 64.1 Å². The van der Waals surface area contributed by atoms with Crippen LogP contribution in [0.1, 0.15) is 43.8 Å². The summed E-state index contributed by atoms with van der Waals surface area (Å²) in [7, 11) is 0. The Balaban J connectivity index is 1.66. The predicted molar refractivity (Wildman–Crippen MR) is 110 cm³/mol. The van der Waals surface area contributed by atoms with E-state index in [0.29, 0.717) is 11.6 Å². The average molecular weight is 400 g/mol. The molecule has 30 heavy (non-hydrogen) atoms. The monoisotopic (exact) mass is 400 g/mol. The molecule has 0 amide bonds. The van der Waals surface area contributed by atoms with Crippen LogP contribution in [0.3, 0.4) is 0 Å². The van der Waals surface area contributed by atoms with Crippen LogP contribution in [0.2, 0.25) is 0 Å². The molecule has 0 unspecified atom stereocenters. The van der Waals surface area contributed by atoms with E-state index in [-0.39, 0.29) is 11.4 Å². The highest BCUT2D eigenvalue weighted by Gasteiger charge is 2.22. The van der Waals surface area contributed by atoms with Crippen LogP contribution in [-0.4, -0.2) is 41.1 Å². The van der Waals surface area contributed by atoms with Crippen molar-refractivity contribution in [3.63, 3.8) is 0 Å². The molecule has 0 aliphatic rings. The van der Waals surface area contributed by atoms with Crippen molar-refractivity contribution in [2.24, 2.45) is 0 Å². The van der Waals surface area contributed by atoms with E-state index in [0.717, 1.165) is 22.8 Å². The van der Waals surface area contributed by atoms with Crippen molar-refractivity contribution in [3.05, 3.63) is 82.7 Å². The minimum absolute atomic E-state index is 0.0448. The van der Waals surface area contributed by atoms with Crippen LogP contribution in [0.25, 0.3) is 11.6 Å². The Morgan fingerprint density at radius 1 is 0.667 bits per heavy atom. The third-order valence-corrected chi connectivity index (χ3v) is 4.59. The molecule has 4 rings (SSSR count). The third kappa shape index (κ3) is 3.55. The van der Waals surface area contributed by atoms with Gasteiger partial charge in [-0.1, -0.05) is 12.1 Å². The van der Waals surface area contributed by atoms with Crippen LogP contribution in [0.15, 0.2) is 48.5 Å². The molecule has 0 fully saturated rings. The fraction of sp³-hybridized carbons (Fsp3) is 0.182.